The number of nitrogens with zero attached hydrogens (tertiary/aromatic N) is 1. The van der Waals surface area contributed by atoms with Crippen LogP contribution in [0.25, 0.3) is 0 Å². The molecular weight excluding hydrogens is 406 g/mol. The number of hydrogen-bond donors (Lipinski definition) is 0. The Morgan fingerprint density at radius 3 is 2.69 bits per heavy atom. The van der Waals surface area contributed by atoms with Gasteiger partial charge in [-0.3, -0.25) is 0 Å². The van der Waals surface area contributed by atoms with Crippen LogP contribution in [-0.4, -0.2) is 0 Å². The first-order valence-electron chi connectivity index (χ1n) is 6.46. The number of halogens is 1. The van der Waals surface area contributed by atoms with Crippen LogP contribution in [0.2, 0.25) is 3.43 Å². The predicted octanol–water partition coefficient (Wildman–Crippen LogP) is 4.78. The third-order valence-corrected chi connectivity index (χ3v) is 14.7. The maximum absolute atomic E-state index is 8.78. The summed E-state index contributed by atoms with van der Waals surface area (Å²) in [4.78, 5) is 0. The summed E-state index contributed by atoms with van der Waals surface area (Å²) < 4.78 is 0.831. The molecule has 3 atom stereocenters. The van der Waals surface area contributed by atoms with E-state index in [1.54, 1.807) is 0 Å². The number of rotatable bonds is 4. The van der Waals surface area contributed by atoms with Crippen molar-refractivity contribution >= 4 is 8.25 Å². The zero-order chi connectivity index (χ0) is 12.2. The summed E-state index contributed by atoms with van der Waals surface area (Å²) in [5.74, 6) is 1.64. The first kappa shape index (κ1) is 14.8. The van der Waals surface area contributed by atoms with E-state index in [1.165, 1.54) is 19.3 Å². The fourth-order valence-electron chi connectivity index (χ4n) is 3.11. The molecule has 0 heterocycles. The fraction of sp³-hybridized carbons (Fsp3) is 0.923. The first-order chi connectivity index (χ1) is 7.53. The van der Waals surface area contributed by atoms with Crippen molar-refractivity contribution in [2.45, 2.75) is 56.3 Å². The molecule has 0 N–H and O–H groups in total. The second-order valence-electron chi connectivity index (χ2n) is 5.95. The Kier molecular flexibility index (Phi) is 6.09. The third kappa shape index (κ3) is 3.60. The average Bonchev–Trinajstić information content (AvgIpc) is 2.26. The van der Waals surface area contributed by atoms with Gasteiger partial charge in [0.15, 0.2) is 0 Å². The molecule has 0 aliphatic heterocycles. The minimum atomic E-state index is -1.17. The van der Waals surface area contributed by atoms with Gasteiger partial charge in [0.2, 0.25) is 0 Å². The monoisotopic (exact) mass is 429 g/mol. The molecule has 0 amide bonds. The van der Waals surface area contributed by atoms with Crippen molar-refractivity contribution in [1.29, 1.82) is 5.26 Å². The Morgan fingerprint density at radius 1 is 1.50 bits per heavy atom. The molecule has 1 nitrogen and oxygen atoms in total. The quantitative estimate of drug-likeness (QED) is 0.592. The van der Waals surface area contributed by atoms with Crippen molar-refractivity contribution in [2.75, 3.05) is 0 Å². The van der Waals surface area contributed by atoms with E-state index >= 15 is 0 Å². The zero-order valence-corrected chi connectivity index (χ0v) is 17.1. The molecule has 0 aromatic rings. The van der Waals surface area contributed by atoms with Gasteiger partial charge in [-0.25, -0.2) is 0 Å². The van der Waals surface area contributed by atoms with E-state index in [-0.39, 0.29) is 0 Å². The van der Waals surface area contributed by atoms with Gasteiger partial charge >= 0.3 is 116 Å². The minimum absolute atomic E-state index is 0.395. The zero-order valence-electron chi connectivity index (χ0n) is 10.8. The topological polar surface area (TPSA) is 23.8 Å². The summed E-state index contributed by atoms with van der Waals surface area (Å²) in [5, 5.41) is 8.78. The fourth-order valence-corrected chi connectivity index (χ4v) is 12.1. The third-order valence-electron chi connectivity index (χ3n) is 4.54. The molecule has 3 heteroatoms. The van der Waals surface area contributed by atoms with Crippen molar-refractivity contribution in [1.82, 2.24) is 0 Å². The van der Waals surface area contributed by atoms with E-state index in [0.717, 1.165) is 21.7 Å². The van der Waals surface area contributed by atoms with E-state index in [1.807, 2.05) is 0 Å². The van der Waals surface area contributed by atoms with E-state index in [4.69, 9.17) is 13.5 Å². The molecule has 1 saturated carbocycles. The van der Waals surface area contributed by atoms with Gasteiger partial charge in [-0.1, -0.05) is 0 Å². The predicted molar refractivity (Wildman–Crippen MR) is 64.7 cm³/mol. The molecule has 1 rings (SSSR count). The molecule has 16 heavy (non-hydrogen) atoms. The van der Waals surface area contributed by atoms with Crippen molar-refractivity contribution < 1.29 is 23.3 Å². The van der Waals surface area contributed by atoms with Gasteiger partial charge in [0.25, 0.3) is 0 Å². The first-order valence-corrected chi connectivity index (χ1v) is 16.4. The van der Waals surface area contributed by atoms with Crippen molar-refractivity contribution in [2.24, 2.45) is 17.3 Å². The summed E-state index contributed by atoms with van der Waals surface area (Å²) in [6, 6.07) is 2.31. The van der Waals surface area contributed by atoms with Gasteiger partial charge in [-0.15, -0.1) is 0 Å². The average molecular weight is 428 g/mol. The summed E-state index contributed by atoms with van der Waals surface area (Å²) in [6.45, 7) is 7.06. The van der Waals surface area contributed by atoms with Gasteiger partial charge < -0.3 is 0 Å². The molecule has 1 aliphatic carbocycles. The molecule has 0 spiro atoms. The van der Waals surface area contributed by atoms with E-state index in [0.29, 0.717) is 11.8 Å². The van der Waals surface area contributed by atoms with Crippen LogP contribution in [0.5, 0.6) is 0 Å². The van der Waals surface area contributed by atoms with Crippen LogP contribution in [0.3, 0.4) is 0 Å². The van der Waals surface area contributed by atoms with Crippen LogP contribution in [-0.2, 0) is 23.3 Å². The molecule has 0 unspecified atom stereocenters. The second kappa shape index (κ2) is 6.59. The molecule has 0 aromatic carbocycles. The number of nitriles is 1. The van der Waals surface area contributed by atoms with E-state index < -0.39 is 23.3 Å². The number of hydrogen-bond acceptors (Lipinski definition) is 1. The van der Waals surface area contributed by atoms with Gasteiger partial charge in [-0.05, 0) is 0 Å². The molecule has 88 valence electrons. The molecule has 0 radical (unpaired) electrons. The second-order valence-corrected chi connectivity index (χ2v) is 13.7. The molecule has 0 bridgehead atoms. The van der Waals surface area contributed by atoms with Crippen LogP contribution in [0.1, 0.15) is 52.9 Å². The van der Waals surface area contributed by atoms with Gasteiger partial charge in [0.1, 0.15) is 0 Å². The summed E-state index contributed by atoms with van der Waals surface area (Å²) in [6.07, 6.45) is 5.81. The Bertz CT molecular complexity index is 261. The van der Waals surface area contributed by atoms with Gasteiger partial charge in [-0.2, -0.15) is 0 Å². The van der Waals surface area contributed by atoms with Crippen LogP contribution < -0.4 is 0 Å². The Balaban J connectivity index is 2.70. The molecule has 0 saturated heterocycles. The molecule has 1 aliphatic rings. The Morgan fingerprint density at radius 2 is 2.19 bits per heavy atom. The standard InChI is InChI=1S/C13H22N.ClH.Hg/c1-11(2)12-6-4-7-13(3,10-12)8-5-9-14;;/h7,11-12H,4-6,8,10H2,1-3H3;1H;/q;;+1/p-1/t12-,13+;;/m0../s1. The SMILES string of the molecule is CC(C)[C@H]1CC[C@H]([Hg][Cl])[C@](C)(CCC#N)C1. The van der Waals surface area contributed by atoms with E-state index in [2.05, 4.69) is 26.8 Å². The van der Waals surface area contributed by atoms with Crippen molar-refractivity contribution in [3.63, 3.8) is 0 Å². The maximum atomic E-state index is 8.78. The Labute approximate surface area is 116 Å². The van der Waals surface area contributed by atoms with Gasteiger partial charge in [0.05, 0.1) is 0 Å². The van der Waals surface area contributed by atoms with E-state index in [9.17, 15) is 0 Å². The van der Waals surface area contributed by atoms with Crippen LogP contribution in [0.4, 0.5) is 0 Å². The Hall–Kier alpha value is 0.715. The molecular formula is C13H22ClHgN. The van der Waals surface area contributed by atoms with Crippen LogP contribution in [0, 0.1) is 28.6 Å². The van der Waals surface area contributed by atoms with Crippen molar-refractivity contribution in [3.8, 4) is 6.07 Å². The van der Waals surface area contributed by atoms with Crippen molar-refractivity contribution in [3.05, 3.63) is 0 Å². The summed E-state index contributed by atoms with van der Waals surface area (Å²) in [5.41, 5.74) is 0.395. The molecule has 0 aromatic heterocycles. The van der Waals surface area contributed by atoms with Crippen LogP contribution in [0.15, 0.2) is 0 Å². The normalized spacial score (nSPS) is 34.5. The molecule has 1 fully saturated rings. The summed E-state index contributed by atoms with van der Waals surface area (Å²) in [7, 11) is 6.31. The van der Waals surface area contributed by atoms with Gasteiger partial charge in [0, 0.05) is 0 Å². The summed E-state index contributed by atoms with van der Waals surface area (Å²) >= 11 is -1.17. The van der Waals surface area contributed by atoms with Crippen LogP contribution >= 0.6 is 8.25 Å².